The third-order valence-electron chi connectivity index (χ3n) is 4.69. The number of carbonyl (C=O) groups excluding carboxylic acids is 2. The Hall–Kier alpha value is -3.10. The fourth-order valence-corrected chi connectivity index (χ4v) is 2.92. The molecule has 1 saturated carbocycles. The van der Waals surface area contributed by atoms with Gasteiger partial charge in [-0.05, 0) is 38.0 Å². The van der Waals surface area contributed by atoms with Crippen LogP contribution in [0.15, 0.2) is 22.7 Å². The Kier molecular flexibility index (Phi) is 4.21. The van der Waals surface area contributed by atoms with Gasteiger partial charge in [0.05, 0.1) is 12.2 Å². The van der Waals surface area contributed by atoms with Crippen LogP contribution in [0.25, 0.3) is 0 Å². The first-order chi connectivity index (χ1) is 12.9. The molecule has 9 heteroatoms. The van der Waals surface area contributed by atoms with Crippen LogP contribution < -0.4 is 15.0 Å². The molecule has 2 heterocycles. The summed E-state index contributed by atoms with van der Waals surface area (Å²) in [5.74, 6) is 1.98. The van der Waals surface area contributed by atoms with E-state index >= 15 is 0 Å². The first-order valence-electron chi connectivity index (χ1n) is 8.85. The lowest BCUT2D eigenvalue weighted by molar-refractivity contribution is -0.125. The number of carbonyl (C=O) groups is 2. The maximum Gasteiger partial charge on any atom is 0.321 e. The number of anilines is 2. The molecule has 0 saturated heterocycles. The molecule has 1 aliphatic carbocycles. The van der Waals surface area contributed by atoms with Crippen molar-refractivity contribution in [2.24, 2.45) is 0 Å². The Morgan fingerprint density at radius 1 is 1.41 bits per heavy atom. The quantitative estimate of drug-likeness (QED) is 0.885. The van der Waals surface area contributed by atoms with Gasteiger partial charge in [-0.25, -0.2) is 4.79 Å². The fourth-order valence-electron chi connectivity index (χ4n) is 2.92. The van der Waals surface area contributed by atoms with E-state index in [4.69, 9.17) is 9.26 Å². The number of amides is 3. The average molecular weight is 371 g/mol. The molecule has 3 amide bonds. The standard InChI is InChI=1S/C18H21N5O4/c1-10-17(24)23(3)13-8-12(6-7-14(13)26-10)19-18(25)22(2)9-15-20-16(27-21-15)11-4-5-11/h6-8,10-11H,4-5,9H2,1-3H3,(H,19,25)/t10-/m0/s1. The topological polar surface area (TPSA) is 101 Å². The highest BCUT2D eigenvalue weighted by atomic mass is 16.5. The molecule has 1 aromatic carbocycles. The van der Waals surface area contributed by atoms with E-state index in [1.807, 2.05) is 0 Å². The van der Waals surface area contributed by atoms with Crippen LogP contribution in [0.3, 0.4) is 0 Å². The minimum absolute atomic E-state index is 0.133. The van der Waals surface area contributed by atoms with Crippen LogP contribution in [-0.4, -0.2) is 47.2 Å². The van der Waals surface area contributed by atoms with E-state index in [1.165, 1.54) is 9.80 Å². The van der Waals surface area contributed by atoms with E-state index in [0.29, 0.717) is 34.8 Å². The Morgan fingerprint density at radius 2 is 2.19 bits per heavy atom. The van der Waals surface area contributed by atoms with Crippen LogP contribution in [0.5, 0.6) is 5.75 Å². The summed E-state index contributed by atoms with van der Waals surface area (Å²) in [5, 5.41) is 6.73. The van der Waals surface area contributed by atoms with Gasteiger partial charge in [0.2, 0.25) is 5.89 Å². The van der Waals surface area contributed by atoms with E-state index in [2.05, 4.69) is 15.5 Å². The van der Waals surface area contributed by atoms with Gasteiger partial charge in [-0.15, -0.1) is 0 Å². The SMILES string of the molecule is C[C@@H]1Oc2ccc(NC(=O)N(C)Cc3noc(C4CC4)n3)cc2N(C)C1=O. The molecule has 2 aromatic rings. The molecule has 0 bridgehead atoms. The van der Waals surface area contributed by atoms with Gasteiger partial charge in [0.15, 0.2) is 11.9 Å². The van der Waals surface area contributed by atoms with E-state index < -0.39 is 6.10 Å². The molecule has 9 nitrogen and oxygen atoms in total. The summed E-state index contributed by atoms with van der Waals surface area (Å²) in [6.07, 6.45) is 1.63. The van der Waals surface area contributed by atoms with Crippen LogP contribution in [0.2, 0.25) is 0 Å². The van der Waals surface area contributed by atoms with Crippen molar-refractivity contribution in [3.63, 3.8) is 0 Å². The number of ether oxygens (including phenoxy) is 1. The Bertz CT molecular complexity index is 892. The molecule has 0 spiro atoms. The fraction of sp³-hybridized carbons (Fsp3) is 0.444. The zero-order valence-electron chi connectivity index (χ0n) is 15.4. The van der Waals surface area contributed by atoms with E-state index in [0.717, 1.165) is 12.8 Å². The first kappa shape index (κ1) is 17.3. The molecule has 1 aromatic heterocycles. The number of hydrogen-bond acceptors (Lipinski definition) is 6. The van der Waals surface area contributed by atoms with E-state index in [9.17, 15) is 9.59 Å². The Balaban J connectivity index is 1.42. The van der Waals surface area contributed by atoms with Gasteiger partial charge in [-0.2, -0.15) is 4.98 Å². The molecule has 0 unspecified atom stereocenters. The number of urea groups is 1. The second-order valence-corrected chi connectivity index (χ2v) is 6.95. The van der Waals surface area contributed by atoms with E-state index in [-0.39, 0.29) is 18.5 Å². The third-order valence-corrected chi connectivity index (χ3v) is 4.69. The molecule has 2 aliphatic rings. The lowest BCUT2D eigenvalue weighted by Gasteiger charge is -2.30. The van der Waals surface area contributed by atoms with Gasteiger partial charge in [0, 0.05) is 25.7 Å². The van der Waals surface area contributed by atoms with Crippen molar-refractivity contribution in [1.29, 1.82) is 0 Å². The predicted octanol–water partition coefficient (Wildman–Crippen LogP) is 2.35. The van der Waals surface area contributed by atoms with Gasteiger partial charge in [0.1, 0.15) is 5.75 Å². The van der Waals surface area contributed by atoms with E-state index in [1.54, 1.807) is 39.2 Å². The molecule has 27 heavy (non-hydrogen) atoms. The number of hydrogen-bond donors (Lipinski definition) is 1. The summed E-state index contributed by atoms with van der Waals surface area (Å²) in [4.78, 5) is 31.8. The van der Waals surface area contributed by atoms with Crippen molar-refractivity contribution >= 4 is 23.3 Å². The number of fused-ring (bicyclic) bond motifs is 1. The number of nitrogens with one attached hydrogen (secondary N) is 1. The highest BCUT2D eigenvalue weighted by molar-refractivity contribution is 6.00. The van der Waals surface area contributed by atoms with Gasteiger partial charge < -0.3 is 24.4 Å². The van der Waals surface area contributed by atoms with Crippen molar-refractivity contribution in [3.8, 4) is 5.75 Å². The maximum atomic E-state index is 12.5. The number of benzene rings is 1. The lowest BCUT2D eigenvalue weighted by atomic mass is 10.2. The normalized spacial score (nSPS) is 18.7. The summed E-state index contributed by atoms with van der Waals surface area (Å²) in [6, 6.07) is 4.88. The molecular weight excluding hydrogens is 350 g/mol. The molecule has 142 valence electrons. The van der Waals surface area contributed by atoms with Crippen LogP contribution in [-0.2, 0) is 11.3 Å². The number of rotatable bonds is 4. The second-order valence-electron chi connectivity index (χ2n) is 6.95. The van der Waals surface area contributed by atoms with Crippen LogP contribution in [0.4, 0.5) is 16.2 Å². The zero-order valence-corrected chi connectivity index (χ0v) is 15.4. The summed E-state index contributed by atoms with van der Waals surface area (Å²) in [7, 11) is 3.34. The highest BCUT2D eigenvalue weighted by Crippen LogP contribution is 2.39. The van der Waals surface area contributed by atoms with Crippen molar-refractivity contribution in [2.75, 3.05) is 24.3 Å². The number of nitrogens with zero attached hydrogens (tertiary/aromatic N) is 4. The summed E-state index contributed by atoms with van der Waals surface area (Å²) in [5.41, 5.74) is 1.18. The minimum atomic E-state index is -0.524. The van der Waals surface area contributed by atoms with Crippen LogP contribution in [0.1, 0.15) is 37.4 Å². The molecule has 4 rings (SSSR count). The average Bonchev–Trinajstić information content (AvgIpc) is 3.40. The maximum absolute atomic E-state index is 12.5. The largest absolute Gasteiger partial charge is 0.479 e. The van der Waals surface area contributed by atoms with Crippen LogP contribution >= 0.6 is 0 Å². The molecule has 1 atom stereocenters. The Labute approximate surface area is 156 Å². The van der Waals surface area contributed by atoms with Crippen molar-refractivity contribution < 1.29 is 18.8 Å². The monoisotopic (exact) mass is 371 g/mol. The number of likely N-dealkylation sites (N-methyl/N-ethyl adjacent to an activating group) is 1. The smallest absolute Gasteiger partial charge is 0.321 e. The predicted molar refractivity (Wildman–Crippen MR) is 96.7 cm³/mol. The second kappa shape index (κ2) is 6.57. The summed E-state index contributed by atoms with van der Waals surface area (Å²) >= 11 is 0. The van der Waals surface area contributed by atoms with Gasteiger partial charge in [0.25, 0.3) is 5.91 Å². The Morgan fingerprint density at radius 3 is 2.93 bits per heavy atom. The summed E-state index contributed by atoms with van der Waals surface area (Å²) in [6.45, 7) is 1.95. The summed E-state index contributed by atoms with van der Waals surface area (Å²) < 4.78 is 10.8. The third kappa shape index (κ3) is 3.44. The molecule has 0 radical (unpaired) electrons. The van der Waals surface area contributed by atoms with Crippen molar-refractivity contribution in [3.05, 3.63) is 29.9 Å². The highest BCUT2D eigenvalue weighted by Gasteiger charge is 2.30. The molecule has 1 aliphatic heterocycles. The molecule has 1 fully saturated rings. The van der Waals surface area contributed by atoms with Crippen molar-refractivity contribution in [2.45, 2.75) is 38.3 Å². The minimum Gasteiger partial charge on any atom is -0.479 e. The molecule has 1 N–H and O–H groups in total. The first-order valence-corrected chi connectivity index (χ1v) is 8.85. The lowest BCUT2D eigenvalue weighted by Crippen LogP contribution is -2.42. The van der Waals surface area contributed by atoms with Gasteiger partial charge in [-0.1, -0.05) is 5.16 Å². The van der Waals surface area contributed by atoms with Crippen LogP contribution in [0, 0.1) is 0 Å². The van der Waals surface area contributed by atoms with Crippen molar-refractivity contribution in [1.82, 2.24) is 15.0 Å². The van der Waals surface area contributed by atoms with Gasteiger partial charge in [-0.3, -0.25) is 4.79 Å². The number of aromatic nitrogens is 2. The van der Waals surface area contributed by atoms with Gasteiger partial charge >= 0.3 is 6.03 Å². The zero-order chi connectivity index (χ0) is 19.1. The molecular formula is C18H21N5O4.